The number of carbonyl (C=O) groups is 1. The summed E-state index contributed by atoms with van der Waals surface area (Å²) >= 11 is 5.93. The van der Waals surface area contributed by atoms with Gasteiger partial charge < -0.3 is 4.74 Å². The summed E-state index contributed by atoms with van der Waals surface area (Å²) in [6, 6.07) is 10.1. The molecular weight excluding hydrogens is 444 g/mol. The predicted octanol–water partition coefficient (Wildman–Crippen LogP) is 4.35. The number of nitro groups is 1. The number of non-ortho nitro benzene ring substituents is 1. The number of halogens is 1. The van der Waals surface area contributed by atoms with Gasteiger partial charge in [-0.2, -0.15) is 4.31 Å². The van der Waals surface area contributed by atoms with Crippen molar-refractivity contribution in [3.8, 4) is 5.75 Å². The lowest BCUT2D eigenvalue weighted by Gasteiger charge is -2.20. The van der Waals surface area contributed by atoms with E-state index >= 15 is 0 Å². The second-order valence-corrected chi connectivity index (χ2v) is 9.65. The molecule has 1 aliphatic heterocycles. The highest BCUT2D eigenvalue weighted by molar-refractivity contribution is 7.89. The first-order chi connectivity index (χ1) is 14.8. The second kappa shape index (κ2) is 10.2. The van der Waals surface area contributed by atoms with Crippen molar-refractivity contribution < 1.29 is 22.9 Å². The zero-order valence-electron chi connectivity index (χ0n) is 16.8. The molecule has 2 aromatic rings. The summed E-state index contributed by atoms with van der Waals surface area (Å²) in [5.74, 6) is -0.492. The number of hydrogen-bond donors (Lipinski definition) is 0. The monoisotopic (exact) mass is 466 g/mol. The van der Waals surface area contributed by atoms with Crippen LogP contribution in [0.1, 0.15) is 37.7 Å². The summed E-state index contributed by atoms with van der Waals surface area (Å²) in [4.78, 5) is 22.5. The Labute approximate surface area is 186 Å². The van der Waals surface area contributed by atoms with Crippen molar-refractivity contribution in [2.24, 2.45) is 0 Å². The fourth-order valence-corrected chi connectivity index (χ4v) is 5.10. The molecule has 31 heavy (non-hydrogen) atoms. The van der Waals surface area contributed by atoms with E-state index in [1.54, 1.807) is 28.6 Å². The lowest BCUT2D eigenvalue weighted by Crippen LogP contribution is -2.31. The molecule has 1 aliphatic rings. The smallest absolute Gasteiger partial charge is 0.311 e. The minimum atomic E-state index is -3.51. The minimum absolute atomic E-state index is 0.0226. The van der Waals surface area contributed by atoms with Crippen LogP contribution in [0.2, 0.25) is 5.02 Å². The normalized spacial score (nSPS) is 15.3. The number of ether oxygens (including phenoxy) is 1. The number of rotatable bonds is 7. The number of benzene rings is 2. The molecule has 166 valence electrons. The Kier molecular flexibility index (Phi) is 7.64. The van der Waals surface area contributed by atoms with Crippen LogP contribution in [0.5, 0.6) is 5.75 Å². The van der Waals surface area contributed by atoms with Crippen LogP contribution in [0.15, 0.2) is 47.4 Å². The summed E-state index contributed by atoms with van der Waals surface area (Å²) in [7, 11) is -3.51. The maximum absolute atomic E-state index is 12.8. The number of nitro benzene ring substituents is 1. The predicted molar refractivity (Wildman–Crippen MR) is 116 cm³/mol. The van der Waals surface area contributed by atoms with Crippen LogP contribution >= 0.6 is 11.6 Å². The van der Waals surface area contributed by atoms with Gasteiger partial charge in [0.2, 0.25) is 10.0 Å². The molecule has 0 atom stereocenters. The summed E-state index contributed by atoms with van der Waals surface area (Å²) in [6.07, 6.45) is 4.24. The quantitative estimate of drug-likeness (QED) is 0.260. The Morgan fingerprint density at radius 3 is 2.29 bits per heavy atom. The highest BCUT2D eigenvalue weighted by Gasteiger charge is 2.25. The van der Waals surface area contributed by atoms with Crippen LogP contribution in [-0.4, -0.2) is 36.7 Å². The Hall–Kier alpha value is -2.49. The Balaban J connectivity index is 1.57. The highest BCUT2D eigenvalue weighted by atomic mass is 35.5. The molecule has 0 spiro atoms. The second-order valence-electron chi connectivity index (χ2n) is 7.31. The van der Waals surface area contributed by atoms with Crippen LogP contribution in [0.25, 0.3) is 0 Å². The van der Waals surface area contributed by atoms with E-state index in [9.17, 15) is 23.3 Å². The van der Waals surface area contributed by atoms with Crippen molar-refractivity contribution in [1.82, 2.24) is 4.31 Å². The average Bonchev–Trinajstić information content (AvgIpc) is 3.04. The van der Waals surface area contributed by atoms with Crippen molar-refractivity contribution in [2.75, 3.05) is 13.1 Å². The van der Waals surface area contributed by atoms with Gasteiger partial charge in [0, 0.05) is 31.6 Å². The summed E-state index contributed by atoms with van der Waals surface area (Å²) < 4.78 is 32.3. The number of hydrogen-bond acceptors (Lipinski definition) is 6. The van der Waals surface area contributed by atoms with Crippen molar-refractivity contribution in [1.29, 1.82) is 0 Å². The van der Waals surface area contributed by atoms with E-state index in [-0.39, 0.29) is 27.8 Å². The first-order valence-electron chi connectivity index (χ1n) is 10.0. The van der Waals surface area contributed by atoms with Gasteiger partial charge in [-0.1, -0.05) is 36.6 Å². The first kappa shape index (κ1) is 23.2. The lowest BCUT2D eigenvalue weighted by atomic mass is 10.1. The van der Waals surface area contributed by atoms with Gasteiger partial charge in [0.1, 0.15) is 5.75 Å². The standard InChI is InChI=1S/C21H23ClN2O6S/c22-19-15-17(24(26)27)8-11-20(19)30-21(25)12-7-16-5-9-18(10-6-16)31(28,29)23-13-3-1-2-4-14-23/h5-6,8-11,15H,1-4,7,12-14H2. The van der Waals surface area contributed by atoms with Crippen molar-refractivity contribution >= 4 is 33.3 Å². The molecule has 0 aliphatic carbocycles. The van der Waals surface area contributed by atoms with Gasteiger partial charge in [-0.15, -0.1) is 0 Å². The maximum Gasteiger partial charge on any atom is 0.311 e. The van der Waals surface area contributed by atoms with Gasteiger partial charge in [-0.25, -0.2) is 8.42 Å². The van der Waals surface area contributed by atoms with Gasteiger partial charge in [0.25, 0.3) is 5.69 Å². The van der Waals surface area contributed by atoms with Gasteiger partial charge in [-0.05, 0) is 43.0 Å². The molecule has 8 nitrogen and oxygen atoms in total. The Bertz CT molecular complexity index is 1050. The topological polar surface area (TPSA) is 107 Å². The third kappa shape index (κ3) is 6.03. The molecular formula is C21H23ClN2O6S. The zero-order valence-corrected chi connectivity index (χ0v) is 18.4. The van der Waals surface area contributed by atoms with Crippen LogP contribution in [0.4, 0.5) is 5.69 Å². The summed E-state index contributed by atoms with van der Waals surface area (Å²) in [5.41, 5.74) is 0.599. The molecule has 0 amide bonds. The van der Waals surface area contributed by atoms with Gasteiger partial charge >= 0.3 is 5.97 Å². The largest absolute Gasteiger partial charge is 0.425 e. The van der Waals surface area contributed by atoms with E-state index < -0.39 is 20.9 Å². The average molecular weight is 467 g/mol. The molecule has 1 heterocycles. The number of sulfonamides is 1. The van der Waals surface area contributed by atoms with Crippen molar-refractivity contribution in [3.05, 3.63) is 63.2 Å². The zero-order chi connectivity index (χ0) is 22.4. The molecule has 0 N–H and O–H groups in total. The molecule has 0 radical (unpaired) electrons. The SMILES string of the molecule is O=C(CCc1ccc(S(=O)(=O)N2CCCCCC2)cc1)Oc1ccc([N+](=O)[O-])cc1Cl. The van der Waals surface area contributed by atoms with Gasteiger partial charge in [0.05, 0.1) is 14.8 Å². The molecule has 0 bridgehead atoms. The van der Waals surface area contributed by atoms with E-state index in [0.717, 1.165) is 37.3 Å². The summed E-state index contributed by atoms with van der Waals surface area (Å²) in [6.45, 7) is 1.09. The van der Waals surface area contributed by atoms with E-state index in [4.69, 9.17) is 16.3 Å². The molecule has 10 heteroatoms. The number of nitrogens with zero attached hydrogens (tertiary/aromatic N) is 2. The van der Waals surface area contributed by atoms with Crippen molar-refractivity contribution in [2.45, 2.75) is 43.4 Å². The molecule has 1 saturated heterocycles. The maximum atomic E-state index is 12.8. The third-order valence-corrected chi connectivity index (χ3v) is 7.30. The third-order valence-electron chi connectivity index (χ3n) is 5.09. The first-order valence-corrected chi connectivity index (χ1v) is 11.8. The van der Waals surface area contributed by atoms with Crippen LogP contribution in [0, 0.1) is 10.1 Å². The van der Waals surface area contributed by atoms with E-state index in [0.29, 0.717) is 19.5 Å². The molecule has 0 unspecified atom stereocenters. The fraction of sp³-hybridized carbons (Fsp3) is 0.381. The molecule has 1 fully saturated rings. The van der Waals surface area contributed by atoms with Crippen LogP contribution in [-0.2, 0) is 21.2 Å². The molecule has 3 rings (SSSR count). The highest BCUT2D eigenvalue weighted by Crippen LogP contribution is 2.29. The van der Waals surface area contributed by atoms with Crippen LogP contribution in [0.3, 0.4) is 0 Å². The number of carbonyl (C=O) groups excluding carboxylic acids is 1. The van der Waals surface area contributed by atoms with Gasteiger partial charge in [-0.3, -0.25) is 14.9 Å². The Morgan fingerprint density at radius 1 is 1.06 bits per heavy atom. The van der Waals surface area contributed by atoms with E-state index in [2.05, 4.69) is 0 Å². The van der Waals surface area contributed by atoms with Crippen LogP contribution < -0.4 is 4.74 Å². The van der Waals surface area contributed by atoms with E-state index in [1.807, 2.05) is 0 Å². The number of aryl methyl sites for hydroxylation is 1. The lowest BCUT2D eigenvalue weighted by molar-refractivity contribution is -0.384. The van der Waals surface area contributed by atoms with Gasteiger partial charge in [0.15, 0.2) is 0 Å². The van der Waals surface area contributed by atoms with E-state index in [1.165, 1.54) is 12.1 Å². The summed E-state index contributed by atoms with van der Waals surface area (Å²) in [5, 5.41) is 10.7. The molecule has 0 saturated carbocycles. The fourth-order valence-electron chi connectivity index (χ4n) is 3.37. The molecule has 0 aromatic heterocycles. The Morgan fingerprint density at radius 2 is 1.71 bits per heavy atom. The van der Waals surface area contributed by atoms with Crippen molar-refractivity contribution in [3.63, 3.8) is 0 Å². The number of esters is 1. The molecule has 2 aromatic carbocycles. The minimum Gasteiger partial charge on any atom is -0.425 e.